The standard InChI is InChI=1S/C34H58O6/c1-4-6-8-10-12-14-16-18-20-24-28-38-34(3,39-29-25-21-19-17-15-13-11-9-7-5-2)40-33(37)31-27-23-22-26-30(31)32(35)36/h22-23,26-27H,4-21,24-25,28-29H2,1-3H3,(H,35,36). The minimum atomic E-state index is -1.55. The second-order valence-electron chi connectivity index (χ2n) is 11.2. The van der Waals surface area contributed by atoms with Crippen LogP contribution in [0.1, 0.15) is 170 Å². The molecule has 6 heteroatoms. The summed E-state index contributed by atoms with van der Waals surface area (Å²) in [5, 5.41) is 9.47. The first-order valence-corrected chi connectivity index (χ1v) is 16.3. The highest BCUT2D eigenvalue weighted by atomic mass is 16.9. The predicted molar refractivity (Wildman–Crippen MR) is 163 cm³/mol. The topological polar surface area (TPSA) is 82.1 Å². The first kappa shape index (κ1) is 36.1. The van der Waals surface area contributed by atoms with Gasteiger partial charge in [0.1, 0.15) is 0 Å². The molecule has 0 heterocycles. The maximum Gasteiger partial charge on any atom is 0.343 e. The summed E-state index contributed by atoms with van der Waals surface area (Å²) in [6.45, 7) is 6.93. The van der Waals surface area contributed by atoms with Crippen molar-refractivity contribution in [2.45, 2.75) is 155 Å². The van der Waals surface area contributed by atoms with Gasteiger partial charge in [0.25, 0.3) is 0 Å². The molecule has 0 unspecified atom stereocenters. The molecule has 1 aromatic carbocycles. The molecule has 0 saturated carbocycles. The summed E-state index contributed by atoms with van der Waals surface area (Å²) in [7, 11) is 0. The third-order valence-electron chi connectivity index (χ3n) is 7.38. The average Bonchev–Trinajstić information content (AvgIpc) is 2.94. The van der Waals surface area contributed by atoms with E-state index in [1.54, 1.807) is 19.1 Å². The fourth-order valence-corrected chi connectivity index (χ4v) is 4.87. The van der Waals surface area contributed by atoms with Gasteiger partial charge in [-0.25, -0.2) is 9.59 Å². The molecule has 0 fully saturated rings. The van der Waals surface area contributed by atoms with E-state index in [4.69, 9.17) is 14.2 Å². The fourth-order valence-electron chi connectivity index (χ4n) is 4.87. The van der Waals surface area contributed by atoms with E-state index in [2.05, 4.69) is 13.8 Å². The van der Waals surface area contributed by atoms with Gasteiger partial charge < -0.3 is 19.3 Å². The van der Waals surface area contributed by atoms with Gasteiger partial charge in [-0.2, -0.15) is 0 Å². The van der Waals surface area contributed by atoms with Crippen LogP contribution in [0.2, 0.25) is 0 Å². The highest BCUT2D eigenvalue weighted by Gasteiger charge is 2.33. The summed E-state index contributed by atoms with van der Waals surface area (Å²) in [5.41, 5.74) is -0.106. The second-order valence-corrected chi connectivity index (χ2v) is 11.2. The van der Waals surface area contributed by atoms with Crippen molar-refractivity contribution >= 4 is 11.9 Å². The van der Waals surface area contributed by atoms with Crippen molar-refractivity contribution in [2.24, 2.45) is 0 Å². The minimum absolute atomic E-state index is 0.00806. The van der Waals surface area contributed by atoms with E-state index in [1.165, 1.54) is 115 Å². The van der Waals surface area contributed by atoms with Crippen LogP contribution in [0.5, 0.6) is 0 Å². The normalized spacial score (nSPS) is 11.6. The Bertz CT molecular complexity index is 751. The molecule has 0 aliphatic rings. The number of benzene rings is 1. The van der Waals surface area contributed by atoms with Crippen molar-refractivity contribution < 1.29 is 28.9 Å². The number of unbranched alkanes of at least 4 members (excludes halogenated alkanes) is 18. The van der Waals surface area contributed by atoms with E-state index in [0.717, 1.165) is 25.7 Å². The molecule has 0 aliphatic carbocycles. The Morgan fingerprint density at radius 1 is 0.600 bits per heavy atom. The number of carbonyl (C=O) groups is 2. The van der Waals surface area contributed by atoms with E-state index in [1.807, 2.05) is 0 Å². The average molecular weight is 563 g/mol. The number of esters is 1. The lowest BCUT2D eigenvalue weighted by Gasteiger charge is -2.29. The van der Waals surface area contributed by atoms with E-state index in [-0.39, 0.29) is 11.1 Å². The van der Waals surface area contributed by atoms with Gasteiger partial charge in [0.15, 0.2) is 0 Å². The molecular formula is C34H58O6. The summed E-state index contributed by atoms with van der Waals surface area (Å²) in [6.07, 6.45) is 24.4. The van der Waals surface area contributed by atoms with Crippen LogP contribution >= 0.6 is 0 Å². The van der Waals surface area contributed by atoms with Crippen molar-refractivity contribution in [3.63, 3.8) is 0 Å². The van der Waals surface area contributed by atoms with Gasteiger partial charge in [0, 0.05) is 6.92 Å². The molecule has 1 aromatic rings. The van der Waals surface area contributed by atoms with Crippen molar-refractivity contribution in [1.29, 1.82) is 0 Å². The first-order valence-electron chi connectivity index (χ1n) is 16.3. The van der Waals surface area contributed by atoms with Gasteiger partial charge in [-0.05, 0) is 25.0 Å². The number of aromatic carboxylic acids is 1. The Hall–Kier alpha value is -1.92. The van der Waals surface area contributed by atoms with Gasteiger partial charge in [-0.1, -0.05) is 142 Å². The summed E-state index contributed by atoms with van der Waals surface area (Å²) in [4.78, 5) is 24.5. The molecule has 0 atom stereocenters. The Morgan fingerprint density at radius 2 is 0.950 bits per heavy atom. The van der Waals surface area contributed by atoms with Crippen LogP contribution in [0.25, 0.3) is 0 Å². The summed E-state index contributed by atoms with van der Waals surface area (Å²) in [6, 6.07) is 6.06. The molecule has 0 spiro atoms. The van der Waals surface area contributed by atoms with Crippen molar-refractivity contribution in [2.75, 3.05) is 13.2 Å². The Morgan fingerprint density at radius 3 is 1.32 bits per heavy atom. The van der Waals surface area contributed by atoms with Crippen LogP contribution in [0.4, 0.5) is 0 Å². The van der Waals surface area contributed by atoms with Crippen molar-refractivity contribution in [1.82, 2.24) is 0 Å². The van der Waals surface area contributed by atoms with Crippen LogP contribution in [-0.4, -0.2) is 36.2 Å². The third-order valence-corrected chi connectivity index (χ3v) is 7.38. The highest BCUT2D eigenvalue weighted by Crippen LogP contribution is 2.22. The van der Waals surface area contributed by atoms with E-state index in [9.17, 15) is 14.7 Å². The summed E-state index contributed by atoms with van der Waals surface area (Å²) >= 11 is 0. The molecule has 0 bridgehead atoms. The fraction of sp³-hybridized carbons (Fsp3) is 0.765. The second kappa shape index (κ2) is 23.8. The van der Waals surface area contributed by atoms with Crippen LogP contribution in [0, 0.1) is 0 Å². The first-order chi connectivity index (χ1) is 19.4. The van der Waals surface area contributed by atoms with Crippen LogP contribution in [0.3, 0.4) is 0 Å². The number of hydrogen-bond donors (Lipinski definition) is 1. The van der Waals surface area contributed by atoms with Crippen molar-refractivity contribution in [3.8, 4) is 0 Å². The molecule has 0 aliphatic heterocycles. The van der Waals surface area contributed by atoms with Gasteiger partial charge >= 0.3 is 17.9 Å². The predicted octanol–water partition coefficient (Wildman–Crippen LogP) is 10.1. The maximum atomic E-state index is 12.9. The van der Waals surface area contributed by atoms with Gasteiger partial charge in [0.2, 0.25) is 0 Å². The molecule has 0 saturated heterocycles. The zero-order valence-corrected chi connectivity index (χ0v) is 25.9. The quantitative estimate of drug-likeness (QED) is 0.0652. The number of carboxylic acid groups (broad SMARTS) is 1. The minimum Gasteiger partial charge on any atom is -0.478 e. The number of carboxylic acids is 1. The molecule has 230 valence electrons. The SMILES string of the molecule is CCCCCCCCCCCCOC(C)(OCCCCCCCCCCCC)OC(=O)c1ccccc1C(=O)O. The van der Waals surface area contributed by atoms with Crippen molar-refractivity contribution in [3.05, 3.63) is 35.4 Å². The van der Waals surface area contributed by atoms with Gasteiger partial charge in [-0.15, -0.1) is 0 Å². The molecule has 0 aromatic heterocycles. The van der Waals surface area contributed by atoms with Crippen LogP contribution in [0.15, 0.2) is 24.3 Å². The monoisotopic (exact) mass is 562 g/mol. The van der Waals surface area contributed by atoms with Gasteiger partial charge in [0.05, 0.1) is 24.3 Å². The smallest absolute Gasteiger partial charge is 0.343 e. The van der Waals surface area contributed by atoms with Crippen LogP contribution < -0.4 is 0 Å². The number of hydrogen-bond acceptors (Lipinski definition) is 5. The lowest BCUT2D eigenvalue weighted by molar-refractivity contribution is -0.345. The molecule has 1 rings (SSSR count). The molecule has 0 radical (unpaired) electrons. The zero-order valence-electron chi connectivity index (χ0n) is 25.9. The molecule has 6 nitrogen and oxygen atoms in total. The van der Waals surface area contributed by atoms with E-state index in [0.29, 0.717) is 13.2 Å². The van der Waals surface area contributed by atoms with E-state index < -0.39 is 17.9 Å². The summed E-state index contributed by atoms with van der Waals surface area (Å²) in [5.74, 6) is -3.49. The van der Waals surface area contributed by atoms with Crippen LogP contribution in [-0.2, 0) is 14.2 Å². The molecular weight excluding hydrogens is 504 g/mol. The number of carbonyl (C=O) groups excluding carboxylic acids is 1. The Balaban J connectivity index is 2.46. The Labute approximate surface area is 244 Å². The lowest BCUT2D eigenvalue weighted by atomic mass is 10.1. The number of ether oxygens (including phenoxy) is 3. The molecule has 0 amide bonds. The largest absolute Gasteiger partial charge is 0.478 e. The maximum absolute atomic E-state index is 12.9. The van der Waals surface area contributed by atoms with Gasteiger partial charge in [-0.3, -0.25) is 0 Å². The molecule has 40 heavy (non-hydrogen) atoms. The highest BCUT2D eigenvalue weighted by molar-refractivity contribution is 6.02. The Kier molecular flexibility index (Phi) is 21.4. The van der Waals surface area contributed by atoms with E-state index >= 15 is 0 Å². The third kappa shape index (κ3) is 17.7. The summed E-state index contributed by atoms with van der Waals surface area (Å²) < 4.78 is 17.6. The molecule has 1 N–H and O–H groups in total. The lowest BCUT2D eigenvalue weighted by Crippen LogP contribution is -2.39. The zero-order chi connectivity index (χ0) is 29.3. The number of rotatable bonds is 27.